The Labute approximate surface area is 133 Å². The number of ether oxygens (including phenoxy) is 1. The summed E-state index contributed by atoms with van der Waals surface area (Å²) < 4.78 is 31.3. The van der Waals surface area contributed by atoms with Crippen LogP contribution in [0.25, 0.3) is 0 Å². The molecule has 0 aromatic heterocycles. The summed E-state index contributed by atoms with van der Waals surface area (Å²) in [5.74, 6) is -3.13. The molecule has 114 valence electrons. The van der Waals surface area contributed by atoms with Crippen molar-refractivity contribution < 1.29 is 23.1 Å². The number of esters is 1. The number of nitrogens with one attached hydrogen (secondary N) is 1. The quantitative estimate of drug-likeness (QED) is 0.838. The maximum absolute atomic E-state index is 13.5. The molecule has 0 heterocycles. The lowest BCUT2D eigenvalue weighted by molar-refractivity contribution is -0.119. The summed E-state index contributed by atoms with van der Waals surface area (Å²) in [6.45, 7) is -0.586. The van der Waals surface area contributed by atoms with Crippen LogP contribution in [0.3, 0.4) is 0 Å². The van der Waals surface area contributed by atoms with Gasteiger partial charge in [-0.15, -0.1) is 0 Å². The molecule has 0 saturated heterocycles. The summed E-state index contributed by atoms with van der Waals surface area (Å²) in [4.78, 5) is 23.3. The van der Waals surface area contributed by atoms with Crippen molar-refractivity contribution in [3.8, 4) is 0 Å². The number of halogens is 3. The van der Waals surface area contributed by atoms with Gasteiger partial charge in [-0.25, -0.2) is 13.6 Å². The van der Waals surface area contributed by atoms with Crippen molar-refractivity contribution >= 4 is 33.5 Å². The number of benzene rings is 2. The van der Waals surface area contributed by atoms with Gasteiger partial charge in [0.2, 0.25) is 0 Å². The largest absolute Gasteiger partial charge is 0.452 e. The number of rotatable bonds is 4. The second-order valence-corrected chi connectivity index (χ2v) is 5.09. The number of hydrogen-bond donors (Lipinski definition) is 1. The van der Waals surface area contributed by atoms with Gasteiger partial charge in [-0.05, 0) is 34.1 Å². The normalized spacial score (nSPS) is 10.1. The third kappa shape index (κ3) is 4.11. The van der Waals surface area contributed by atoms with Crippen LogP contribution >= 0.6 is 15.9 Å². The SMILES string of the molecule is O=C(COC(=O)c1ccccc1)Nc1c(F)cc(F)cc1Br. The molecule has 0 aliphatic heterocycles. The first kappa shape index (κ1) is 16.1. The van der Waals surface area contributed by atoms with Gasteiger partial charge in [-0.1, -0.05) is 18.2 Å². The third-order valence-electron chi connectivity index (χ3n) is 2.62. The van der Waals surface area contributed by atoms with E-state index in [2.05, 4.69) is 21.2 Å². The summed E-state index contributed by atoms with van der Waals surface area (Å²) >= 11 is 2.94. The molecule has 0 aliphatic rings. The fourth-order valence-electron chi connectivity index (χ4n) is 1.63. The molecular formula is C15H10BrF2NO3. The molecule has 0 atom stereocenters. The molecule has 0 aliphatic carbocycles. The van der Waals surface area contributed by atoms with E-state index in [1.807, 2.05) is 0 Å². The van der Waals surface area contributed by atoms with Gasteiger partial charge in [0.25, 0.3) is 5.91 Å². The zero-order valence-corrected chi connectivity index (χ0v) is 12.7. The number of carbonyl (C=O) groups is 2. The van der Waals surface area contributed by atoms with Gasteiger partial charge >= 0.3 is 5.97 Å². The average Bonchev–Trinajstić information content (AvgIpc) is 2.49. The minimum atomic E-state index is -0.936. The van der Waals surface area contributed by atoms with Crippen LogP contribution < -0.4 is 5.32 Å². The average molecular weight is 370 g/mol. The Bertz CT molecular complexity index is 684. The number of hydrogen-bond acceptors (Lipinski definition) is 3. The molecule has 2 rings (SSSR count). The van der Waals surface area contributed by atoms with E-state index in [0.29, 0.717) is 11.6 Å². The van der Waals surface area contributed by atoms with Gasteiger partial charge in [0.05, 0.1) is 11.3 Å². The predicted molar refractivity (Wildman–Crippen MR) is 79.4 cm³/mol. The molecule has 1 N–H and O–H groups in total. The van der Waals surface area contributed by atoms with Gasteiger partial charge in [0, 0.05) is 10.5 Å². The van der Waals surface area contributed by atoms with Crippen LogP contribution in [0.1, 0.15) is 10.4 Å². The van der Waals surface area contributed by atoms with Crippen molar-refractivity contribution in [1.29, 1.82) is 0 Å². The van der Waals surface area contributed by atoms with E-state index in [9.17, 15) is 18.4 Å². The van der Waals surface area contributed by atoms with E-state index in [1.165, 1.54) is 12.1 Å². The van der Waals surface area contributed by atoms with Crippen molar-refractivity contribution in [3.63, 3.8) is 0 Å². The van der Waals surface area contributed by atoms with Gasteiger partial charge in [-0.2, -0.15) is 0 Å². The Morgan fingerprint density at radius 1 is 1.14 bits per heavy atom. The summed E-state index contributed by atoms with van der Waals surface area (Å²) in [6, 6.07) is 9.76. The highest BCUT2D eigenvalue weighted by Crippen LogP contribution is 2.26. The molecule has 0 radical (unpaired) electrons. The molecule has 22 heavy (non-hydrogen) atoms. The third-order valence-corrected chi connectivity index (χ3v) is 3.24. The first-order valence-corrected chi connectivity index (χ1v) is 6.93. The first-order valence-electron chi connectivity index (χ1n) is 6.14. The van der Waals surface area contributed by atoms with Crippen LogP contribution in [-0.4, -0.2) is 18.5 Å². The fourth-order valence-corrected chi connectivity index (χ4v) is 2.13. The molecule has 0 spiro atoms. The Balaban J connectivity index is 1.95. The van der Waals surface area contributed by atoms with E-state index < -0.39 is 30.1 Å². The topological polar surface area (TPSA) is 55.4 Å². The molecule has 2 aromatic rings. The molecule has 2 aromatic carbocycles. The van der Waals surface area contributed by atoms with Crippen molar-refractivity contribution in [3.05, 3.63) is 64.1 Å². The highest BCUT2D eigenvalue weighted by atomic mass is 79.9. The summed E-state index contributed by atoms with van der Waals surface area (Å²) in [7, 11) is 0. The molecular weight excluding hydrogens is 360 g/mol. The van der Waals surface area contributed by atoms with Crippen molar-refractivity contribution in [2.75, 3.05) is 11.9 Å². The van der Waals surface area contributed by atoms with Gasteiger partial charge in [0.15, 0.2) is 12.4 Å². The molecule has 0 unspecified atom stereocenters. The smallest absolute Gasteiger partial charge is 0.338 e. The van der Waals surface area contributed by atoms with Crippen molar-refractivity contribution in [1.82, 2.24) is 0 Å². The van der Waals surface area contributed by atoms with E-state index in [0.717, 1.165) is 6.07 Å². The monoisotopic (exact) mass is 369 g/mol. The number of amides is 1. The summed E-state index contributed by atoms with van der Waals surface area (Å²) in [6.07, 6.45) is 0. The zero-order valence-electron chi connectivity index (χ0n) is 11.1. The lowest BCUT2D eigenvalue weighted by Gasteiger charge is -2.09. The Morgan fingerprint density at radius 2 is 1.82 bits per heavy atom. The second-order valence-electron chi connectivity index (χ2n) is 4.23. The summed E-state index contributed by atoms with van der Waals surface area (Å²) in [5, 5.41) is 2.21. The van der Waals surface area contributed by atoms with Crippen LogP contribution in [0, 0.1) is 11.6 Å². The van der Waals surface area contributed by atoms with Crippen molar-refractivity contribution in [2.45, 2.75) is 0 Å². The van der Waals surface area contributed by atoms with Gasteiger partial charge in [0.1, 0.15) is 5.82 Å². The van der Waals surface area contributed by atoms with Gasteiger partial charge in [-0.3, -0.25) is 4.79 Å². The van der Waals surface area contributed by atoms with Gasteiger partial charge < -0.3 is 10.1 Å². The van der Waals surface area contributed by atoms with Crippen LogP contribution in [0.2, 0.25) is 0 Å². The lowest BCUT2D eigenvalue weighted by atomic mass is 10.2. The minimum Gasteiger partial charge on any atom is -0.452 e. The second kappa shape index (κ2) is 7.13. The van der Waals surface area contributed by atoms with Crippen LogP contribution in [0.4, 0.5) is 14.5 Å². The van der Waals surface area contributed by atoms with Crippen LogP contribution in [0.5, 0.6) is 0 Å². The molecule has 4 nitrogen and oxygen atoms in total. The highest BCUT2D eigenvalue weighted by Gasteiger charge is 2.14. The standard InChI is InChI=1S/C15H10BrF2NO3/c16-11-6-10(17)7-12(18)14(11)19-13(20)8-22-15(21)9-4-2-1-3-5-9/h1-7H,8H2,(H,19,20). The van der Waals surface area contributed by atoms with E-state index >= 15 is 0 Å². The Morgan fingerprint density at radius 3 is 2.45 bits per heavy atom. The van der Waals surface area contributed by atoms with E-state index in [1.54, 1.807) is 18.2 Å². The molecule has 0 saturated carbocycles. The molecule has 7 heteroatoms. The Kier molecular flexibility index (Phi) is 5.21. The fraction of sp³-hybridized carbons (Fsp3) is 0.0667. The number of carbonyl (C=O) groups excluding carboxylic acids is 2. The van der Waals surface area contributed by atoms with E-state index in [4.69, 9.17) is 4.74 Å². The lowest BCUT2D eigenvalue weighted by Crippen LogP contribution is -2.21. The summed E-state index contributed by atoms with van der Waals surface area (Å²) in [5.41, 5.74) is 0.0756. The zero-order chi connectivity index (χ0) is 16.1. The van der Waals surface area contributed by atoms with Crippen molar-refractivity contribution in [2.24, 2.45) is 0 Å². The minimum absolute atomic E-state index is 0.0488. The Hall–Kier alpha value is -2.28. The highest BCUT2D eigenvalue weighted by molar-refractivity contribution is 9.10. The first-order chi connectivity index (χ1) is 10.5. The van der Waals surface area contributed by atoms with Crippen LogP contribution in [0.15, 0.2) is 46.9 Å². The maximum Gasteiger partial charge on any atom is 0.338 e. The predicted octanol–water partition coefficient (Wildman–Crippen LogP) is 3.52. The molecule has 0 fully saturated rings. The maximum atomic E-state index is 13.5. The number of anilines is 1. The van der Waals surface area contributed by atoms with E-state index in [-0.39, 0.29) is 10.2 Å². The molecule has 0 bridgehead atoms. The van der Waals surface area contributed by atoms with Crippen LogP contribution in [-0.2, 0) is 9.53 Å². The molecule has 1 amide bonds.